The Morgan fingerprint density at radius 2 is 1.87 bits per heavy atom. The highest BCUT2D eigenvalue weighted by Gasteiger charge is 2.46. The molecule has 2 aliphatic rings. The van der Waals surface area contributed by atoms with Crippen molar-refractivity contribution in [3.63, 3.8) is 0 Å². The Balaban J connectivity index is 2.09. The number of rotatable bonds is 1. The molecule has 0 radical (unpaired) electrons. The van der Waals surface area contributed by atoms with Crippen molar-refractivity contribution in [1.29, 1.82) is 0 Å². The molecule has 2 bridgehead atoms. The third-order valence-electron chi connectivity index (χ3n) is 4.26. The van der Waals surface area contributed by atoms with Crippen LogP contribution in [-0.4, -0.2) is 0 Å². The maximum atomic E-state index is 2.54. The van der Waals surface area contributed by atoms with Crippen LogP contribution in [0.25, 0.3) is 0 Å². The molecule has 1 aromatic carbocycles. The van der Waals surface area contributed by atoms with Gasteiger partial charge in [-0.1, -0.05) is 12.1 Å². The van der Waals surface area contributed by atoms with Gasteiger partial charge >= 0.3 is 0 Å². The lowest BCUT2D eigenvalue weighted by atomic mass is 9.78. The van der Waals surface area contributed by atoms with Gasteiger partial charge in [-0.25, -0.2) is 0 Å². The molecule has 80 valence electrons. The van der Waals surface area contributed by atoms with E-state index < -0.39 is 0 Å². The fourth-order valence-corrected chi connectivity index (χ4v) is 4.91. The van der Waals surface area contributed by atoms with Crippen LogP contribution in [0.5, 0.6) is 0 Å². The highest BCUT2D eigenvalue weighted by Crippen LogP contribution is 2.56. The van der Waals surface area contributed by atoms with Crippen LogP contribution in [0.2, 0.25) is 0 Å². The number of fused-ring (bicyclic) bond motifs is 2. The number of hydrogen-bond acceptors (Lipinski definition) is 0. The maximum absolute atomic E-state index is 2.54. The maximum Gasteiger partial charge on any atom is 0.0301 e. The van der Waals surface area contributed by atoms with Crippen LogP contribution in [-0.2, 0) is 5.41 Å². The molecule has 2 heteroatoms. The molecule has 2 fully saturated rings. The largest absolute Gasteiger partial charge is 0.0608 e. The second-order valence-electron chi connectivity index (χ2n) is 5.03. The molecule has 0 saturated heterocycles. The summed E-state index contributed by atoms with van der Waals surface area (Å²) in [5, 5.41) is 0. The first-order valence-electron chi connectivity index (χ1n) is 5.66. The zero-order valence-electron chi connectivity index (χ0n) is 8.60. The SMILES string of the molecule is Ic1cccc(C23CCC(CC2)C3)c1I. The standard InChI is InChI=1S/C13H14I2/c14-11-3-1-2-10(12(11)15)13-6-4-9(8-13)5-7-13/h1-3,9H,4-8H2. The van der Waals surface area contributed by atoms with E-state index in [9.17, 15) is 0 Å². The molecule has 0 heterocycles. The Morgan fingerprint density at radius 3 is 2.47 bits per heavy atom. The van der Waals surface area contributed by atoms with E-state index in [2.05, 4.69) is 63.4 Å². The minimum absolute atomic E-state index is 0.572. The number of hydrogen-bond donors (Lipinski definition) is 0. The van der Waals surface area contributed by atoms with Gasteiger partial charge in [0.2, 0.25) is 0 Å². The van der Waals surface area contributed by atoms with Crippen LogP contribution in [0, 0.1) is 13.1 Å². The zero-order chi connectivity index (χ0) is 10.5. The van der Waals surface area contributed by atoms with Crippen molar-refractivity contribution in [1.82, 2.24) is 0 Å². The van der Waals surface area contributed by atoms with Gasteiger partial charge in [0, 0.05) is 7.14 Å². The molecule has 0 nitrogen and oxygen atoms in total. The number of benzene rings is 1. The predicted molar refractivity (Wildman–Crippen MR) is 80.1 cm³/mol. The smallest absolute Gasteiger partial charge is 0.0301 e. The molecular formula is C13H14I2. The first-order valence-corrected chi connectivity index (χ1v) is 7.81. The summed E-state index contributed by atoms with van der Waals surface area (Å²) >= 11 is 5.00. The summed E-state index contributed by atoms with van der Waals surface area (Å²) in [6, 6.07) is 6.83. The van der Waals surface area contributed by atoms with E-state index in [0.717, 1.165) is 5.92 Å². The quantitative estimate of drug-likeness (QED) is 0.573. The summed E-state index contributed by atoms with van der Waals surface area (Å²) in [6.07, 6.45) is 7.29. The summed E-state index contributed by atoms with van der Waals surface area (Å²) < 4.78 is 2.94. The Hall–Kier alpha value is 0.680. The van der Waals surface area contributed by atoms with Gasteiger partial charge in [-0.05, 0) is 100 Å². The Bertz CT molecular complexity index is 390. The van der Waals surface area contributed by atoms with Gasteiger partial charge in [-0.15, -0.1) is 0 Å². The first-order chi connectivity index (χ1) is 7.21. The third kappa shape index (κ3) is 1.66. The van der Waals surface area contributed by atoms with E-state index in [1.165, 1.54) is 39.2 Å². The van der Waals surface area contributed by atoms with Gasteiger partial charge < -0.3 is 0 Å². The lowest BCUT2D eigenvalue weighted by molar-refractivity contribution is 0.417. The molecule has 0 spiro atoms. The first kappa shape index (κ1) is 10.8. The van der Waals surface area contributed by atoms with Gasteiger partial charge in [0.15, 0.2) is 0 Å². The van der Waals surface area contributed by atoms with E-state index in [0.29, 0.717) is 5.41 Å². The molecule has 0 N–H and O–H groups in total. The van der Waals surface area contributed by atoms with Crippen molar-refractivity contribution in [2.75, 3.05) is 0 Å². The van der Waals surface area contributed by atoms with E-state index in [4.69, 9.17) is 0 Å². The van der Waals surface area contributed by atoms with Gasteiger partial charge in [0.25, 0.3) is 0 Å². The molecular weight excluding hydrogens is 410 g/mol. The van der Waals surface area contributed by atoms with Crippen LogP contribution in [0.3, 0.4) is 0 Å². The minimum Gasteiger partial charge on any atom is -0.0608 e. The molecule has 0 aliphatic heterocycles. The monoisotopic (exact) mass is 424 g/mol. The third-order valence-corrected chi connectivity index (χ3v) is 7.36. The van der Waals surface area contributed by atoms with Gasteiger partial charge in [0.1, 0.15) is 0 Å². The fourth-order valence-electron chi connectivity index (χ4n) is 3.48. The lowest BCUT2D eigenvalue weighted by Crippen LogP contribution is -2.21. The van der Waals surface area contributed by atoms with Crippen LogP contribution in [0.1, 0.15) is 37.7 Å². The molecule has 2 aliphatic carbocycles. The summed E-state index contributed by atoms with van der Waals surface area (Å²) in [5.41, 5.74) is 2.22. The number of halogens is 2. The van der Waals surface area contributed by atoms with Crippen molar-refractivity contribution in [3.05, 3.63) is 30.9 Å². The van der Waals surface area contributed by atoms with Gasteiger partial charge in [-0.2, -0.15) is 0 Å². The average Bonchev–Trinajstić information content (AvgIpc) is 2.83. The average molecular weight is 424 g/mol. The second-order valence-corrected chi connectivity index (χ2v) is 7.27. The topological polar surface area (TPSA) is 0 Å². The van der Waals surface area contributed by atoms with Gasteiger partial charge in [0.05, 0.1) is 0 Å². The highest BCUT2D eigenvalue weighted by molar-refractivity contribution is 14.1. The summed E-state index contributed by atoms with van der Waals surface area (Å²) in [5.74, 6) is 1.04. The summed E-state index contributed by atoms with van der Waals surface area (Å²) in [4.78, 5) is 0. The van der Waals surface area contributed by atoms with Gasteiger partial charge in [-0.3, -0.25) is 0 Å². The molecule has 0 atom stereocenters. The lowest BCUT2D eigenvalue weighted by Gasteiger charge is -2.28. The van der Waals surface area contributed by atoms with Crippen molar-refractivity contribution < 1.29 is 0 Å². The normalized spacial score (nSPS) is 33.6. The fraction of sp³-hybridized carbons (Fsp3) is 0.538. The van der Waals surface area contributed by atoms with Crippen molar-refractivity contribution in [3.8, 4) is 0 Å². The summed E-state index contributed by atoms with van der Waals surface area (Å²) in [6.45, 7) is 0. The molecule has 0 unspecified atom stereocenters. The van der Waals surface area contributed by atoms with E-state index >= 15 is 0 Å². The predicted octanol–water partition coefficient (Wildman–Crippen LogP) is 4.73. The van der Waals surface area contributed by atoms with E-state index in [-0.39, 0.29) is 0 Å². The van der Waals surface area contributed by atoms with Crippen molar-refractivity contribution in [2.24, 2.45) is 5.92 Å². The second kappa shape index (κ2) is 3.86. The molecule has 3 rings (SSSR count). The molecule has 2 saturated carbocycles. The van der Waals surface area contributed by atoms with Crippen LogP contribution in [0.15, 0.2) is 18.2 Å². The van der Waals surface area contributed by atoms with Crippen molar-refractivity contribution >= 4 is 45.2 Å². The Kier molecular flexibility index (Phi) is 2.78. The van der Waals surface area contributed by atoms with Crippen molar-refractivity contribution in [2.45, 2.75) is 37.5 Å². The van der Waals surface area contributed by atoms with Crippen LogP contribution in [0.4, 0.5) is 0 Å². The highest BCUT2D eigenvalue weighted by atomic mass is 127. The molecule has 0 aromatic heterocycles. The van der Waals surface area contributed by atoms with E-state index in [1.54, 1.807) is 5.56 Å². The molecule has 15 heavy (non-hydrogen) atoms. The Morgan fingerprint density at radius 1 is 1.13 bits per heavy atom. The van der Waals surface area contributed by atoms with Crippen LogP contribution >= 0.6 is 45.2 Å². The zero-order valence-corrected chi connectivity index (χ0v) is 12.9. The molecule has 0 amide bonds. The molecule has 1 aromatic rings. The Labute approximate surface area is 118 Å². The summed E-state index contributed by atoms with van der Waals surface area (Å²) in [7, 11) is 0. The van der Waals surface area contributed by atoms with E-state index in [1.807, 2.05) is 0 Å². The minimum atomic E-state index is 0.572. The van der Waals surface area contributed by atoms with Crippen LogP contribution < -0.4 is 0 Å².